The molecule has 0 saturated carbocycles. The maximum atomic E-state index is 13.4. The minimum atomic E-state index is -0.694. The van der Waals surface area contributed by atoms with Gasteiger partial charge in [0, 0.05) is 31.9 Å². The molecule has 230 valence electrons. The van der Waals surface area contributed by atoms with Crippen LogP contribution < -0.4 is 10.6 Å². The molecule has 8 nitrogen and oxygen atoms in total. The Labute approximate surface area is 266 Å². The molecule has 0 spiro atoms. The molecule has 3 N–H and O–H groups in total. The molecule has 0 bridgehead atoms. The number of benzene rings is 1. The number of aromatic amines is 1. The monoisotopic (exact) mass is 629 g/mol. The summed E-state index contributed by atoms with van der Waals surface area (Å²) in [6.45, 7) is 10.7. The molecule has 0 aliphatic carbocycles. The fourth-order valence-electron chi connectivity index (χ4n) is 4.97. The highest BCUT2D eigenvalue weighted by Gasteiger charge is 2.35. The second-order valence-electron chi connectivity index (χ2n) is 11.3. The van der Waals surface area contributed by atoms with Crippen molar-refractivity contribution in [2.24, 2.45) is 5.92 Å². The minimum absolute atomic E-state index is 0.102. The summed E-state index contributed by atoms with van der Waals surface area (Å²) >= 11 is 3.62. The van der Waals surface area contributed by atoms with E-state index in [0.717, 1.165) is 17.7 Å². The number of allylic oxidation sites excluding steroid dienone is 2. The highest BCUT2D eigenvalue weighted by Crippen LogP contribution is 2.40. The van der Waals surface area contributed by atoms with Crippen LogP contribution >= 0.6 is 22.7 Å². The third kappa shape index (κ3) is 6.81. The second kappa shape index (κ2) is 13.7. The molecular weight excluding hydrogens is 591 g/mol. The Morgan fingerprint density at radius 2 is 1.84 bits per heavy atom. The number of carbonyl (C=O) groups excluding carboxylic acids is 2. The summed E-state index contributed by atoms with van der Waals surface area (Å²) in [7, 11) is 1.29. The number of hydrogen-bond acceptors (Lipinski definition) is 7. The van der Waals surface area contributed by atoms with Crippen molar-refractivity contribution >= 4 is 49.6 Å². The van der Waals surface area contributed by atoms with Gasteiger partial charge >= 0.3 is 6.09 Å². The van der Waals surface area contributed by atoms with Crippen LogP contribution in [0, 0.1) is 5.92 Å². The lowest BCUT2D eigenvalue weighted by molar-refractivity contribution is -0.135. The Morgan fingerprint density at radius 1 is 1.11 bits per heavy atom. The van der Waals surface area contributed by atoms with Gasteiger partial charge in [0.25, 0.3) is 0 Å². The fraction of sp³-hybridized carbons (Fsp3) is 0.324. The van der Waals surface area contributed by atoms with Gasteiger partial charge in [-0.2, -0.15) is 0 Å². The van der Waals surface area contributed by atoms with Gasteiger partial charge in [-0.05, 0) is 61.2 Å². The van der Waals surface area contributed by atoms with Crippen molar-refractivity contribution in [1.82, 2.24) is 25.5 Å². The third-order valence-electron chi connectivity index (χ3n) is 7.77. The molecule has 5 rings (SSSR count). The zero-order valence-corrected chi connectivity index (χ0v) is 27.6. The maximum Gasteiger partial charge on any atom is 0.407 e. The number of nitrogens with one attached hydrogen (secondary N) is 3. The van der Waals surface area contributed by atoms with E-state index in [9.17, 15) is 9.59 Å². The number of fused-ring (bicyclic) bond motifs is 1. The molecular formula is C34H39N5O3S2. The first kappa shape index (κ1) is 31.3. The quantitative estimate of drug-likeness (QED) is 0.154. The van der Waals surface area contributed by atoms with E-state index in [4.69, 9.17) is 4.74 Å². The molecule has 2 atom stereocenters. The second-order valence-corrected chi connectivity index (χ2v) is 13.4. The molecule has 1 aliphatic rings. The number of ether oxygens (including phenoxy) is 1. The first-order valence-electron chi connectivity index (χ1n) is 14.8. The van der Waals surface area contributed by atoms with Crippen molar-refractivity contribution in [1.29, 1.82) is 0 Å². The van der Waals surface area contributed by atoms with E-state index in [2.05, 4.69) is 90.2 Å². The van der Waals surface area contributed by atoms with Gasteiger partial charge in [-0.1, -0.05) is 62.8 Å². The molecule has 1 aromatic carbocycles. The first-order chi connectivity index (χ1) is 21.2. The molecule has 4 heterocycles. The zero-order chi connectivity index (χ0) is 31.4. The number of hydrogen-bond donors (Lipinski definition) is 3. The maximum absolute atomic E-state index is 13.4. The van der Waals surface area contributed by atoms with Crippen molar-refractivity contribution in [2.75, 3.05) is 13.7 Å². The van der Waals surface area contributed by atoms with Gasteiger partial charge in [-0.3, -0.25) is 4.79 Å². The van der Waals surface area contributed by atoms with Gasteiger partial charge in [-0.25, -0.2) is 9.78 Å². The van der Waals surface area contributed by atoms with Crippen LogP contribution in [0.5, 0.6) is 0 Å². The van der Waals surface area contributed by atoms with E-state index < -0.39 is 12.1 Å². The highest BCUT2D eigenvalue weighted by atomic mass is 32.1. The Balaban J connectivity index is 1.28. The number of thiophene rings is 2. The average molecular weight is 630 g/mol. The Bertz CT molecular complexity index is 1690. The normalized spacial score (nSPS) is 16.2. The van der Waals surface area contributed by atoms with Crippen LogP contribution in [0.3, 0.4) is 0 Å². The van der Waals surface area contributed by atoms with E-state index in [1.165, 1.54) is 43.0 Å². The van der Waals surface area contributed by atoms with E-state index in [0.29, 0.717) is 12.4 Å². The van der Waals surface area contributed by atoms with Crippen LogP contribution in [0.1, 0.15) is 57.8 Å². The number of alkyl carbamates (subject to hydrolysis) is 1. The van der Waals surface area contributed by atoms with Crippen molar-refractivity contribution < 1.29 is 14.3 Å². The van der Waals surface area contributed by atoms with Crippen molar-refractivity contribution in [3.63, 3.8) is 0 Å². The zero-order valence-electron chi connectivity index (χ0n) is 25.9. The van der Waals surface area contributed by atoms with Crippen LogP contribution in [-0.2, 0) is 9.53 Å². The van der Waals surface area contributed by atoms with Gasteiger partial charge in [0.05, 0.1) is 19.0 Å². The predicted octanol–water partition coefficient (Wildman–Crippen LogP) is 8.10. The summed E-state index contributed by atoms with van der Waals surface area (Å²) in [6, 6.07) is 12.0. The van der Waals surface area contributed by atoms with Crippen LogP contribution in [0.2, 0.25) is 0 Å². The summed E-state index contributed by atoms with van der Waals surface area (Å²) in [4.78, 5) is 37.5. The number of amides is 2. The van der Waals surface area contributed by atoms with E-state index in [1.807, 2.05) is 48.7 Å². The smallest absolute Gasteiger partial charge is 0.407 e. The number of imidazole rings is 1. The molecule has 1 aliphatic heterocycles. The number of nitrogens with zero attached hydrogens (tertiary/aromatic N) is 2. The van der Waals surface area contributed by atoms with E-state index in [1.54, 1.807) is 11.1 Å². The van der Waals surface area contributed by atoms with E-state index in [-0.39, 0.29) is 17.9 Å². The van der Waals surface area contributed by atoms with Crippen LogP contribution in [0.4, 0.5) is 4.79 Å². The Morgan fingerprint density at radius 3 is 2.52 bits per heavy atom. The topological polar surface area (TPSA) is 99.4 Å². The molecule has 0 radical (unpaired) electrons. The SMILES string of the molecule is CC/C(C)=C/N/C=C(\C)c1cc2sc(-c3ccc(-c4cnc(C5C=CCN5C(=O)C(NC(=O)OC)C(C)C)[nH]4)cc3)cc2s1. The van der Waals surface area contributed by atoms with Gasteiger partial charge in [0.2, 0.25) is 5.91 Å². The molecule has 4 aromatic rings. The van der Waals surface area contributed by atoms with E-state index >= 15 is 0 Å². The third-order valence-corrected chi connectivity index (χ3v) is 10.2. The first-order valence-corrected chi connectivity index (χ1v) is 16.4. The number of H-pyrrole nitrogens is 1. The Hall–Kier alpha value is -4.15. The van der Waals surface area contributed by atoms with Gasteiger partial charge in [0.1, 0.15) is 17.9 Å². The lowest BCUT2D eigenvalue weighted by Gasteiger charge is -2.29. The lowest BCUT2D eigenvalue weighted by Crippen LogP contribution is -2.51. The average Bonchev–Trinajstić information content (AvgIpc) is 3.82. The van der Waals surface area contributed by atoms with Crippen molar-refractivity contribution in [2.45, 2.75) is 53.1 Å². The van der Waals surface area contributed by atoms with Crippen LogP contribution in [0.15, 0.2) is 72.7 Å². The lowest BCUT2D eigenvalue weighted by atomic mass is 10.0. The molecule has 2 amide bonds. The Kier molecular flexibility index (Phi) is 9.71. The number of aromatic nitrogens is 2. The van der Waals surface area contributed by atoms with Gasteiger partial charge in [-0.15, -0.1) is 22.7 Å². The minimum Gasteiger partial charge on any atom is -0.453 e. The predicted molar refractivity (Wildman–Crippen MR) is 181 cm³/mol. The number of methoxy groups -OCH3 is 1. The molecule has 0 fully saturated rings. The van der Waals surface area contributed by atoms with Crippen molar-refractivity contribution in [3.8, 4) is 21.7 Å². The summed E-state index contributed by atoms with van der Waals surface area (Å²) in [5.41, 5.74) is 5.61. The standard InChI is InChI=1S/C34H39N5O3S2/c1-7-21(4)17-35-18-22(5)27-15-29-30(43-27)16-28(44-29)24-12-10-23(11-13-24)25-19-36-32(37-25)26-9-8-14-39(26)33(40)31(20(2)3)38-34(41)42-6/h8-13,15-20,26,31,35H,7,14H2,1-6H3,(H,36,37)(H,38,41)/b21-17+,22-18+. The number of rotatable bonds is 10. The van der Waals surface area contributed by atoms with Gasteiger partial charge in [0.15, 0.2) is 0 Å². The molecule has 44 heavy (non-hydrogen) atoms. The van der Waals surface area contributed by atoms with Crippen molar-refractivity contribution in [3.05, 3.63) is 83.4 Å². The fourth-order valence-corrected chi connectivity index (χ4v) is 7.34. The molecule has 2 unspecified atom stereocenters. The van der Waals surface area contributed by atoms with Crippen LogP contribution in [-0.4, -0.2) is 46.6 Å². The summed E-state index contributed by atoms with van der Waals surface area (Å²) < 4.78 is 7.31. The molecule has 3 aromatic heterocycles. The molecule has 0 saturated heterocycles. The largest absolute Gasteiger partial charge is 0.453 e. The van der Waals surface area contributed by atoms with Gasteiger partial charge < -0.3 is 25.3 Å². The number of carbonyl (C=O) groups is 2. The molecule has 10 heteroatoms. The highest BCUT2D eigenvalue weighted by molar-refractivity contribution is 7.30. The summed E-state index contributed by atoms with van der Waals surface area (Å²) in [6.07, 6.45) is 10.3. The van der Waals surface area contributed by atoms with Crippen LogP contribution in [0.25, 0.3) is 36.7 Å². The summed E-state index contributed by atoms with van der Waals surface area (Å²) in [5.74, 6) is 0.403. The summed E-state index contributed by atoms with van der Waals surface area (Å²) in [5, 5.41) is 5.98.